The molecule has 3 heteroatoms. The molecular weight excluding hydrogens is 280 g/mol. The van der Waals surface area contributed by atoms with Gasteiger partial charge in [0.15, 0.2) is 0 Å². The number of nitrogens with zero attached hydrogens (tertiary/aromatic N) is 1. The first-order valence-corrected chi connectivity index (χ1v) is 8.73. The zero-order valence-electron chi connectivity index (χ0n) is 13.7. The summed E-state index contributed by atoms with van der Waals surface area (Å²) in [6.45, 7) is 10.1. The lowest BCUT2D eigenvalue weighted by molar-refractivity contribution is 0.0617. The molecule has 0 aliphatic carbocycles. The van der Waals surface area contributed by atoms with Crippen LogP contribution in [0.3, 0.4) is 0 Å². The monoisotopic (exact) mass is 308 g/mol. The SMILES string of the molecule is CCCC1CNC(CC)(CC)CN1Cc1cccc(Cl)c1. The van der Waals surface area contributed by atoms with E-state index >= 15 is 0 Å². The topological polar surface area (TPSA) is 15.3 Å². The van der Waals surface area contributed by atoms with Crippen molar-refractivity contribution in [3.05, 3.63) is 34.9 Å². The summed E-state index contributed by atoms with van der Waals surface area (Å²) in [5.74, 6) is 0. The fraction of sp³-hybridized carbons (Fsp3) is 0.667. The van der Waals surface area contributed by atoms with Gasteiger partial charge < -0.3 is 5.32 Å². The largest absolute Gasteiger partial charge is 0.308 e. The van der Waals surface area contributed by atoms with Crippen LogP contribution in [0.15, 0.2) is 24.3 Å². The maximum atomic E-state index is 6.14. The summed E-state index contributed by atoms with van der Waals surface area (Å²) in [5, 5.41) is 4.67. The number of halogens is 1. The maximum absolute atomic E-state index is 6.14. The molecular formula is C18H29ClN2. The van der Waals surface area contributed by atoms with E-state index in [2.05, 4.69) is 49.2 Å². The Hall–Kier alpha value is -0.570. The van der Waals surface area contributed by atoms with Gasteiger partial charge in [-0.3, -0.25) is 4.90 Å². The molecule has 1 aromatic rings. The fourth-order valence-electron chi connectivity index (χ4n) is 3.43. The summed E-state index contributed by atoms with van der Waals surface area (Å²) in [7, 11) is 0. The fourth-order valence-corrected chi connectivity index (χ4v) is 3.65. The van der Waals surface area contributed by atoms with Crippen LogP contribution >= 0.6 is 11.6 Å². The van der Waals surface area contributed by atoms with Gasteiger partial charge in [0.05, 0.1) is 0 Å². The number of nitrogens with one attached hydrogen (secondary N) is 1. The molecule has 1 aromatic carbocycles. The van der Waals surface area contributed by atoms with E-state index in [4.69, 9.17) is 11.6 Å². The van der Waals surface area contributed by atoms with Gasteiger partial charge in [-0.15, -0.1) is 0 Å². The van der Waals surface area contributed by atoms with Crippen molar-refractivity contribution in [3.63, 3.8) is 0 Å². The second-order valence-electron chi connectivity index (χ2n) is 6.35. The van der Waals surface area contributed by atoms with Crippen LogP contribution < -0.4 is 5.32 Å². The molecule has 0 spiro atoms. The molecule has 0 amide bonds. The molecule has 1 saturated heterocycles. The van der Waals surface area contributed by atoms with Crippen LogP contribution in [-0.2, 0) is 6.54 Å². The van der Waals surface area contributed by atoms with E-state index in [-0.39, 0.29) is 5.54 Å². The van der Waals surface area contributed by atoms with Gasteiger partial charge in [-0.1, -0.05) is 50.9 Å². The predicted molar refractivity (Wildman–Crippen MR) is 91.9 cm³/mol. The maximum Gasteiger partial charge on any atom is 0.0409 e. The Morgan fingerprint density at radius 3 is 2.67 bits per heavy atom. The standard InChI is InChI=1S/C18H29ClN2/c1-4-8-17-12-20-18(5-2,6-3)14-21(17)13-15-9-7-10-16(19)11-15/h7,9-11,17,20H,4-6,8,12-14H2,1-3H3. The lowest BCUT2D eigenvalue weighted by Crippen LogP contribution is -2.63. The van der Waals surface area contributed by atoms with Crippen molar-refractivity contribution >= 4 is 11.6 Å². The molecule has 118 valence electrons. The van der Waals surface area contributed by atoms with Gasteiger partial charge in [-0.2, -0.15) is 0 Å². The first kappa shape index (κ1) is 16.8. The van der Waals surface area contributed by atoms with Crippen LogP contribution in [0, 0.1) is 0 Å². The Morgan fingerprint density at radius 1 is 1.29 bits per heavy atom. The van der Waals surface area contributed by atoms with Crippen molar-refractivity contribution in [2.45, 2.75) is 64.6 Å². The van der Waals surface area contributed by atoms with E-state index in [1.165, 1.54) is 31.2 Å². The molecule has 0 bridgehead atoms. The molecule has 21 heavy (non-hydrogen) atoms. The summed E-state index contributed by atoms with van der Waals surface area (Å²) in [6, 6.07) is 8.94. The smallest absolute Gasteiger partial charge is 0.0409 e. The Morgan fingerprint density at radius 2 is 2.05 bits per heavy atom. The van der Waals surface area contributed by atoms with Crippen LogP contribution in [0.25, 0.3) is 0 Å². The summed E-state index contributed by atoms with van der Waals surface area (Å²) in [5.41, 5.74) is 1.61. The molecule has 1 N–H and O–H groups in total. The second kappa shape index (κ2) is 7.62. The molecule has 1 fully saturated rings. The second-order valence-corrected chi connectivity index (χ2v) is 6.78. The molecule has 1 heterocycles. The first-order valence-electron chi connectivity index (χ1n) is 8.36. The Balaban J connectivity index is 2.13. The van der Waals surface area contributed by atoms with Crippen molar-refractivity contribution in [2.24, 2.45) is 0 Å². The number of rotatable bonds is 6. The number of hydrogen-bond donors (Lipinski definition) is 1. The van der Waals surface area contributed by atoms with Crippen molar-refractivity contribution in [1.29, 1.82) is 0 Å². The highest BCUT2D eigenvalue weighted by Crippen LogP contribution is 2.26. The van der Waals surface area contributed by atoms with E-state index < -0.39 is 0 Å². The van der Waals surface area contributed by atoms with Crippen LogP contribution in [0.4, 0.5) is 0 Å². The van der Waals surface area contributed by atoms with Crippen molar-refractivity contribution in [3.8, 4) is 0 Å². The minimum atomic E-state index is 0.281. The average molecular weight is 309 g/mol. The highest BCUT2D eigenvalue weighted by Gasteiger charge is 2.36. The van der Waals surface area contributed by atoms with E-state index in [0.717, 1.165) is 24.7 Å². The molecule has 1 unspecified atom stereocenters. The highest BCUT2D eigenvalue weighted by atomic mass is 35.5. The molecule has 1 aliphatic heterocycles. The van der Waals surface area contributed by atoms with Gasteiger partial charge >= 0.3 is 0 Å². The highest BCUT2D eigenvalue weighted by molar-refractivity contribution is 6.30. The third-order valence-electron chi connectivity index (χ3n) is 4.98. The van der Waals surface area contributed by atoms with E-state index in [1.807, 2.05) is 6.07 Å². The van der Waals surface area contributed by atoms with E-state index in [1.54, 1.807) is 0 Å². The first-order chi connectivity index (χ1) is 10.1. The summed E-state index contributed by atoms with van der Waals surface area (Å²) >= 11 is 6.14. The van der Waals surface area contributed by atoms with Gasteiger partial charge in [0, 0.05) is 36.2 Å². The molecule has 0 radical (unpaired) electrons. The van der Waals surface area contributed by atoms with Gasteiger partial charge in [0.25, 0.3) is 0 Å². The Labute approximate surface area is 134 Å². The minimum Gasteiger partial charge on any atom is -0.308 e. The minimum absolute atomic E-state index is 0.281. The molecule has 2 rings (SSSR count). The quantitative estimate of drug-likeness (QED) is 0.834. The zero-order valence-corrected chi connectivity index (χ0v) is 14.4. The van der Waals surface area contributed by atoms with Gasteiger partial charge in [-0.05, 0) is 37.0 Å². The Kier molecular flexibility index (Phi) is 6.09. The van der Waals surface area contributed by atoms with Crippen LogP contribution in [0.1, 0.15) is 52.0 Å². The summed E-state index contributed by atoms with van der Waals surface area (Å²) in [4.78, 5) is 2.67. The van der Waals surface area contributed by atoms with E-state index in [0.29, 0.717) is 6.04 Å². The average Bonchev–Trinajstić information content (AvgIpc) is 2.49. The number of hydrogen-bond acceptors (Lipinski definition) is 2. The third-order valence-corrected chi connectivity index (χ3v) is 5.22. The van der Waals surface area contributed by atoms with Crippen molar-refractivity contribution in [1.82, 2.24) is 10.2 Å². The van der Waals surface area contributed by atoms with Crippen LogP contribution in [-0.4, -0.2) is 29.6 Å². The van der Waals surface area contributed by atoms with E-state index in [9.17, 15) is 0 Å². The van der Waals surface area contributed by atoms with Crippen molar-refractivity contribution < 1.29 is 0 Å². The summed E-state index contributed by atoms with van der Waals surface area (Å²) in [6.07, 6.45) is 4.88. The number of benzene rings is 1. The lowest BCUT2D eigenvalue weighted by atomic mass is 9.87. The van der Waals surface area contributed by atoms with Gasteiger partial charge in [0.2, 0.25) is 0 Å². The number of piperazine rings is 1. The van der Waals surface area contributed by atoms with Crippen molar-refractivity contribution in [2.75, 3.05) is 13.1 Å². The molecule has 0 aromatic heterocycles. The van der Waals surface area contributed by atoms with Crippen LogP contribution in [0.5, 0.6) is 0 Å². The molecule has 2 nitrogen and oxygen atoms in total. The van der Waals surface area contributed by atoms with Gasteiger partial charge in [-0.25, -0.2) is 0 Å². The predicted octanol–water partition coefficient (Wildman–Crippen LogP) is 4.47. The van der Waals surface area contributed by atoms with Gasteiger partial charge in [0.1, 0.15) is 0 Å². The Bertz CT molecular complexity index is 443. The molecule has 1 atom stereocenters. The molecule has 0 saturated carbocycles. The third kappa shape index (κ3) is 4.21. The molecule has 1 aliphatic rings. The normalized spacial score (nSPS) is 22.4. The summed E-state index contributed by atoms with van der Waals surface area (Å²) < 4.78 is 0. The lowest BCUT2D eigenvalue weighted by Gasteiger charge is -2.47. The van der Waals surface area contributed by atoms with Crippen LogP contribution in [0.2, 0.25) is 5.02 Å². The zero-order chi connectivity index (χ0) is 15.3.